The molecule has 0 aliphatic carbocycles. The smallest absolute Gasteiger partial charge is 0.469 e. The average Bonchev–Trinajstić information content (AvgIpc) is 2.64. The number of ketones is 1. The van der Waals surface area contributed by atoms with Gasteiger partial charge in [-0.3, -0.25) is 9.32 Å². The molecule has 9 heteroatoms. The van der Waals surface area contributed by atoms with Crippen molar-refractivity contribution in [3.05, 3.63) is 35.6 Å². The molecule has 1 aliphatic rings. The highest BCUT2D eigenvalue weighted by atomic mass is 31.2. The van der Waals surface area contributed by atoms with Crippen LogP contribution in [0.4, 0.5) is 0 Å². The van der Waals surface area contributed by atoms with Crippen LogP contribution in [0.3, 0.4) is 0 Å². The largest absolute Gasteiger partial charge is 0.478 e. The lowest BCUT2D eigenvalue weighted by Crippen LogP contribution is -2.32. The summed E-state index contributed by atoms with van der Waals surface area (Å²) in [7, 11) is -4.73. The number of carboxylic acid groups (broad SMARTS) is 1. The SMILES string of the molecule is CC/C=C/C=C/[C@@]1(C)OC(CC(C)OP(=O)(O)O)=C(C(=O)O)C1=O. The first-order valence-electron chi connectivity index (χ1n) is 7.28. The van der Waals surface area contributed by atoms with Gasteiger partial charge in [-0.2, -0.15) is 0 Å². The molecular formula is C15H21O8P. The third-order valence-corrected chi connectivity index (χ3v) is 3.83. The molecule has 0 amide bonds. The molecule has 1 unspecified atom stereocenters. The summed E-state index contributed by atoms with van der Waals surface area (Å²) in [5.41, 5.74) is -2.02. The summed E-state index contributed by atoms with van der Waals surface area (Å²) in [6.45, 7) is 4.71. The minimum absolute atomic E-state index is 0.167. The molecule has 1 heterocycles. The molecule has 1 rings (SSSR count). The van der Waals surface area contributed by atoms with Crippen LogP contribution in [0.5, 0.6) is 0 Å². The number of hydrogen-bond donors (Lipinski definition) is 3. The van der Waals surface area contributed by atoms with E-state index in [-0.39, 0.29) is 12.2 Å². The molecule has 0 spiro atoms. The van der Waals surface area contributed by atoms with Crippen LogP contribution in [0.15, 0.2) is 35.6 Å². The van der Waals surface area contributed by atoms with E-state index in [1.807, 2.05) is 13.0 Å². The van der Waals surface area contributed by atoms with Crippen molar-refractivity contribution in [1.82, 2.24) is 0 Å². The summed E-state index contributed by atoms with van der Waals surface area (Å²) in [6, 6.07) is 0. The second-order valence-corrected chi connectivity index (χ2v) is 6.64. The fraction of sp³-hybridized carbons (Fsp3) is 0.467. The van der Waals surface area contributed by atoms with Crippen LogP contribution in [0.25, 0.3) is 0 Å². The molecule has 0 saturated carbocycles. The van der Waals surface area contributed by atoms with E-state index in [0.717, 1.165) is 6.42 Å². The van der Waals surface area contributed by atoms with E-state index in [9.17, 15) is 19.3 Å². The van der Waals surface area contributed by atoms with E-state index < -0.39 is 36.9 Å². The Morgan fingerprint density at radius 2 is 2.04 bits per heavy atom. The van der Waals surface area contributed by atoms with Crippen LogP contribution in [0.1, 0.15) is 33.6 Å². The van der Waals surface area contributed by atoms with E-state index in [1.165, 1.54) is 19.9 Å². The van der Waals surface area contributed by atoms with Gasteiger partial charge >= 0.3 is 13.8 Å². The van der Waals surface area contributed by atoms with Gasteiger partial charge in [0, 0.05) is 6.42 Å². The van der Waals surface area contributed by atoms with Crippen LogP contribution in [-0.2, 0) is 23.4 Å². The third-order valence-electron chi connectivity index (χ3n) is 3.19. The molecule has 0 bridgehead atoms. The number of hydrogen-bond acceptors (Lipinski definition) is 5. The van der Waals surface area contributed by atoms with Crippen LogP contribution in [0, 0.1) is 0 Å². The fourth-order valence-electron chi connectivity index (χ4n) is 2.18. The lowest BCUT2D eigenvalue weighted by Gasteiger charge is -2.21. The molecule has 0 fully saturated rings. The Labute approximate surface area is 139 Å². The first-order valence-corrected chi connectivity index (χ1v) is 8.81. The standard InChI is InChI=1S/C15H21O8P/c1-4-5-6-7-8-15(3)13(16)12(14(17)18)11(22-15)9-10(2)23-24(19,20)21/h5-8,10H,4,9H2,1-3H3,(H,17,18)(H2,19,20,21)/b6-5+,8-7+/t10?,15-/m1/s1. The molecule has 0 aromatic heterocycles. The zero-order valence-electron chi connectivity index (χ0n) is 13.6. The Hall–Kier alpha value is -1.73. The zero-order chi connectivity index (χ0) is 18.5. The maximum atomic E-state index is 12.4. The number of carbonyl (C=O) groups excluding carboxylic acids is 1. The Morgan fingerprint density at radius 3 is 2.54 bits per heavy atom. The lowest BCUT2D eigenvalue weighted by molar-refractivity contribution is -0.135. The zero-order valence-corrected chi connectivity index (χ0v) is 14.5. The summed E-state index contributed by atoms with van der Waals surface area (Å²) < 4.78 is 20.8. The van der Waals surface area contributed by atoms with E-state index >= 15 is 0 Å². The Balaban J connectivity index is 3.02. The van der Waals surface area contributed by atoms with Crippen molar-refractivity contribution in [3.63, 3.8) is 0 Å². The molecule has 2 atom stereocenters. The third kappa shape index (κ3) is 5.42. The quantitative estimate of drug-likeness (QED) is 0.341. The molecule has 0 saturated heterocycles. The second kappa shape index (κ2) is 7.90. The van der Waals surface area contributed by atoms with Crippen molar-refractivity contribution < 1.29 is 38.3 Å². The summed E-state index contributed by atoms with van der Waals surface area (Å²) in [6.07, 6.45) is 6.09. The highest BCUT2D eigenvalue weighted by Crippen LogP contribution is 2.41. The Bertz CT molecular complexity index is 642. The van der Waals surface area contributed by atoms with E-state index in [4.69, 9.17) is 14.5 Å². The predicted octanol–water partition coefficient (Wildman–Crippen LogP) is 2.09. The fourth-order valence-corrected chi connectivity index (χ4v) is 2.73. The molecule has 0 aromatic rings. The number of phosphoric acid groups is 1. The maximum absolute atomic E-state index is 12.4. The average molecular weight is 360 g/mol. The number of carbonyl (C=O) groups is 2. The van der Waals surface area contributed by atoms with E-state index in [1.54, 1.807) is 12.2 Å². The van der Waals surface area contributed by atoms with Gasteiger partial charge in [-0.1, -0.05) is 25.2 Å². The first kappa shape index (κ1) is 20.3. The number of Topliss-reactive ketones (excluding diaryl/α,β-unsaturated/α-hetero) is 1. The number of allylic oxidation sites excluding steroid dienone is 3. The first-order chi connectivity index (χ1) is 11.0. The van der Waals surface area contributed by atoms with Gasteiger partial charge in [-0.25, -0.2) is 9.36 Å². The summed E-state index contributed by atoms with van der Waals surface area (Å²) >= 11 is 0. The summed E-state index contributed by atoms with van der Waals surface area (Å²) in [5, 5.41) is 9.25. The Kier molecular flexibility index (Phi) is 6.68. The number of ether oxygens (including phenoxy) is 1. The van der Waals surface area contributed by atoms with Gasteiger partial charge in [0.25, 0.3) is 0 Å². The van der Waals surface area contributed by atoms with E-state index in [2.05, 4.69) is 4.52 Å². The molecule has 8 nitrogen and oxygen atoms in total. The van der Waals surface area contributed by atoms with Crippen LogP contribution in [-0.4, -0.2) is 38.4 Å². The van der Waals surface area contributed by atoms with Crippen molar-refractivity contribution in [1.29, 1.82) is 0 Å². The molecule has 1 aliphatic heterocycles. The minimum atomic E-state index is -4.73. The van der Waals surface area contributed by atoms with Crippen molar-refractivity contribution in [2.24, 2.45) is 0 Å². The summed E-state index contributed by atoms with van der Waals surface area (Å²) in [4.78, 5) is 41.3. The molecule has 134 valence electrons. The van der Waals surface area contributed by atoms with Gasteiger partial charge in [-0.15, -0.1) is 0 Å². The van der Waals surface area contributed by atoms with Gasteiger partial charge in [0.1, 0.15) is 11.3 Å². The molecule has 3 N–H and O–H groups in total. The predicted molar refractivity (Wildman–Crippen MR) is 84.9 cm³/mol. The maximum Gasteiger partial charge on any atom is 0.469 e. The molecule has 0 radical (unpaired) electrons. The van der Waals surface area contributed by atoms with Gasteiger partial charge in [-0.05, 0) is 26.3 Å². The van der Waals surface area contributed by atoms with Crippen molar-refractivity contribution in [2.75, 3.05) is 0 Å². The van der Waals surface area contributed by atoms with Crippen molar-refractivity contribution >= 4 is 19.6 Å². The molecular weight excluding hydrogens is 339 g/mol. The van der Waals surface area contributed by atoms with E-state index in [0.29, 0.717) is 0 Å². The lowest BCUT2D eigenvalue weighted by atomic mass is 9.96. The number of phosphoric ester groups is 1. The normalized spacial score (nSPS) is 23.3. The second-order valence-electron chi connectivity index (χ2n) is 5.45. The van der Waals surface area contributed by atoms with Crippen molar-refractivity contribution in [2.45, 2.75) is 45.3 Å². The van der Waals surface area contributed by atoms with Crippen molar-refractivity contribution in [3.8, 4) is 0 Å². The number of rotatable bonds is 8. The van der Waals surface area contributed by atoms with Gasteiger partial charge in [0.05, 0.1) is 6.10 Å². The van der Waals surface area contributed by atoms with Gasteiger partial charge < -0.3 is 19.6 Å². The number of aliphatic carboxylic acids is 1. The molecule has 0 aromatic carbocycles. The van der Waals surface area contributed by atoms with Crippen LogP contribution >= 0.6 is 7.82 Å². The van der Waals surface area contributed by atoms with Crippen LogP contribution in [0.2, 0.25) is 0 Å². The number of carboxylic acids is 1. The van der Waals surface area contributed by atoms with Gasteiger partial charge in [0.15, 0.2) is 5.60 Å². The monoisotopic (exact) mass is 360 g/mol. The highest BCUT2D eigenvalue weighted by molar-refractivity contribution is 7.46. The van der Waals surface area contributed by atoms with Gasteiger partial charge in [0.2, 0.25) is 5.78 Å². The minimum Gasteiger partial charge on any atom is -0.478 e. The van der Waals surface area contributed by atoms with Crippen LogP contribution < -0.4 is 0 Å². The Morgan fingerprint density at radius 1 is 1.42 bits per heavy atom. The summed E-state index contributed by atoms with van der Waals surface area (Å²) in [5.74, 6) is -2.35. The highest BCUT2D eigenvalue weighted by Gasteiger charge is 2.47. The topological polar surface area (TPSA) is 130 Å². The molecule has 24 heavy (non-hydrogen) atoms.